The number of carbonyl (C=O) groups is 2. The van der Waals surface area contributed by atoms with Gasteiger partial charge in [0, 0.05) is 16.5 Å². The number of amides is 1. The third kappa shape index (κ3) is 4.30. The standard InChI is InChI=1S/C27H22F2N2O4S2/c1-4-35-18-8-7-14(10-16(18)13(2)3)24(32)21-23(19-6-5-9-36-19)31(26(34)25(21)33)27-30-22-17(29)11-15(28)12-20(22)37-27/h5-13,23,32H,4H2,1-3H3/b24-21+. The van der Waals surface area contributed by atoms with E-state index in [9.17, 15) is 23.5 Å². The second kappa shape index (κ2) is 9.68. The molecule has 1 unspecified atom stereocenters. The minimum Gasteiger partial charge on any atom is -0.507 e. The lowest BCUT2D eigenvalue weighted by molar-refractivity contribution is -0.132. The Morgan fingerprint density at radius 3 is 2.65 bits per heavy atom. The summed E-state index contributed by atoms with van der Waals surface area (Å²) in [5.74, 6) is -3.01. The maximum atomic E-state index is 14.4. The summed E-state index contributed by atoms with van der Waals surface area (Å²) in [6.07, 6.45) is 0. The maximum absolute atomic E-state index is 14.4. The largest absolute Gasteiger partial charge is 0.507 e. The van der Waals surface area contributed by atoms with E-state index in [0.29, 0.717) is 22.8 Å². The van der Waals surface area contributed by atoms with Gasteiger partial charge in [0.15, 0.2) is 10.9 Å². The van der Waals surface area contributed by atoms with Gasteiger partial charge in [0.1, 0.15) is 28.9 Å². The van der Waals surface area contributed by atoms with Gasteiger partial charge in [0.25, 0.3) is 5.78 Å². The molecule has 1 aliphatic rings. The fourth-order valence-corrected chi connectivity index (χ4v) is 6.24. The Balaban J connectivity index is 1.69. The molecular weight excluding hydrogens is 518 g/mol. The summed E-state index contributed by atoms with van der Waals surface area (Å²) in [5.41, 5.74) is 1.01. The zero-order valence-electron chi connectivity index (χ0n) is 20.1. The van der Waals surface area contributed by atoms with Crippen molar-refractivity contribution in [1.29, 1.82) is 0 Å². The van der Waals surface area contributed by atoms with E-state index in [4.69, 9.17) is 4.74 Å². The first-order valence-corrected chi connectivity index (χ1v) is 13.3. The Bertz CT molecular complexity index is 1560. The van der Waals surface area contributed by atoms with Crippen LogP contribution in [0.2, 0.25) is 0 Å². The normalized spacial score (nSPS) is 17.4. The van der Waals surface area contributed by atoms with E-state index in [1.165, 1.54) is 11.3 Å². The summed E-state index contributed by atoms with van der Waals surface area (Å²) in [7, 11) is 0. The average Bonchev–Trinajstić information content (AvgIpc) is 3.58. The van der Waals surface area contributed by atoms with Gasteiger partial charge in [-0.2, -0.15) is 0 Å². The summed E-state index contributed by atoms with van der Waals surface area (Å²) in [4.78, 5) is 32.7. The molecular formula is C27H22F2N2O4S2. The summed E-state index contributed by atoms with van der Waals surface area (Å²) in [5, 5.41) is 13.2. The van der Waals surface area contributed by atoms with Crippen LogP contribution in [-0.2, 0) is 9.59 Å². The summed E-state index contributed by atoms with van der Waals surface area (Å²) < 4.78 is 34.1. The summed E-state index contributed by atoms with van der Waals surface area (Å²) in [6.45, 7) is 6.33. The van der Waals surface area contributed by atoms with Gasteiger partial charge in [-0.1, -0.05) is 31.3 Å². The molecule has 6 nitrogen and oxygen atoms in total. The van der Waals surface area contributed by atoms with E-state index in [1.54, 1.807) is 35.7 Å². The highest BCUT2D eigenvalue weighted by Crippen LogP contribution is 2.46. The number of fused-ring (bicyclic) bond motifs is 1. The van der Waals surface area contributed by atoms with Crippen molar-refractivity contribution < 1.29 is 28.2 Å². The molecule has 0 radical (unpaired) electrons. The van der Waals surface area contributed by atoms with E-state index < -0.39 is 29.4 Å². The molecule has 2 aromatic heterocycles. The molecule has 190 valence electrons. The van der Waals surface area contributed by atoms with Gasteiger partial charge < -0.3 is 9.84 Å². The Morgan fingerprint density at radius 2 is 1.97 bits per heavy atom. The number of rotatable bonds is 6. The maximum Gasteiger partial charge on any atom is 0.301 e. The number of aliphatic hydroxyl groups is 1. The quantitative estimate of drug-likeness (QED) is 0.166. The van der Waals surface area contributed by atoms with Crippen molar-refractivity contribution in [3.8, 4) is 5.75 Å². The Labute approximate surface area is 219 Å². The number of benzene rings is 2. The lowest BCUT2D eigenvalue weighted by Gasteiger charge is -2.21. The molecule has 10 heteroatoms. The number of aromatic nitrogens is 1. The summed E-state index contributed by atoms with van der Waals surface area (Å²) >= 11 is 2.20. The predicted octanol–water partition coefficient (Wildman–Crippen LogP) is 6.78. The first kappa shape index (κ1) is 25.0. The fraction of sp³-hybridized carbons (Fsp3) is 0.222. The number of anilines is 1. The molecule has 1 saturated heterocycles. The number of thiazole rings is 1. The second-order valence-corrected chi connectivity index (χ2v) is 10.7. The van der Waals surface area contributed by atoms with Gasteiger partial charge in [-0.25, -0.2) is 13.8 Å². The van der Waals surface area contributed by atoms with Crippen LogP contribution < -0.4 is 9.64 Å². The van der Waals surface area contributed by atoms with E-state index in [2.05, 4.69) is 4.98 Å². The summed E-state index contributed by atoms with van der Waals surface area (Å²) in [6, 6.07) is 9.49. The zero-order chi connectivity index (χ0) is 26.4. The average molecular weight is 541 g/mol. The van der Waals surface area contributed by atoms with Crippen LogP contribution in [0, 0.1) is 11.6 Å². The number of thiophene rings is 1. The number of nitrogens with zero attached hydrogens (tertiary/aromatic N) is 2. The molecule has 1 fully saturated rings. The molecule has 0 spiro atoms. The minimum atomic E-state index is -0.984. The fourth-order valence-electron chi connectivity index (χ4n) is 4.38. The molecule has 0 bridgehead atoms. The molecule has 37 heavy (non-hydrogen) atoms. The molecule has 3 heterocycles. The highest BCUT2D eigenvalue weighted by Gasteiger charge is 2.48. The number of ketones is 1. The van der Waals surface area contributed by atoms with Gasteiger partial charge in [-0.15, -0.1) is 11.3 Å². The molecule has 0 saturated carbocycles. The van der Waals surface area contributed by atoms with Crippen molar-refractivity contribution in [2.75, 3.05) is 11.5 Å². The third-order valence-electron chi connectivity index (χ3n) is 6.07. The second-order valence-electron chi connectivity index (χ2n) is 8.76. The topological polar surface area (TPSA) is 79.7 Å². The number of aliphatic hydroxyl groups excluding tert-OH is 1. The first-order valence-electron chi connectivity index (χ1n) is 11.6. The van der Waals surface area contributed by atoms with Crippen molar-refractivity contribution >= 4 is 55.5 Å². The van der Waals surface area contributed by atoms with Crippen LogP contribution in [0.4, 0.5) is 13.9 Å². The predicted molar refractivity (Wildman–Crippen MR) is 140 cm³/mol. The number of hydrogen-bond acceptors (Lipinski definition) is 7. The van der Waals surface area contributed by atoms with Crippen molar-refractivity contribution in [2.45, 2.75) is 32.7 Å². The van der Waals surface area contributed by atoms with Crippen LogP contribution in [0.5, 0.6) is 5.75 Å². The molecule has 2 aromatic carbocycles. The van der Waals surface area contributed by atoms with Gasteiger partial charge in [-0.05, 0) is 54.1 Å². The van der Waals surface area contributed by atoms with Crippen LogP contribution in [-0.4, -0.2) is 28.4 Å². The molecule has 4 aromatic rings. The first-order chi connectivity index (χ1) is 17.7. The molecule has 1 amide bonds. The lowest BCUT2D eigenvalue weighted by atomic mass is 9.95. The van der Waals surface area contributed by atoms with Gasteiger partial charge in [0.05, 0.1) is 16.9 Å². The highest BCUT2D eigenvalue weighted by atomic mass is 32.1. The van der Waals surface area contributed by atoms with Crippen LogP contribution in [0.25, 0.3) is 16.0 Å². The minimum absolute atomic E-state index is 0.0358. The molecule has 0 aliphatic carbocycles. The van der Waals surface area contributed by atoms with E-state index in [1.807, 2.05) is 20.8 Å². The molecule has 1 aliphatic heterocycles. The Morgan fingerprint density at radius 1 is 1.19 bits per heavy atom. The molecule has 5 rings (SSSR count). The van der Waals surface area contributed by atoms with Gasteiger partial charge >= 0.3 is 5.91 Å². The van der Waals surface area contributed by atoms with E-state index >= 15 is 0 Å². The number of Topliss-reactive ketones (excluding diaryl/α,β-unsaturated/α-hetero) is 1. The van der Waals surface area contributed by atoms with Crippen LogP contribution in [0.15, 0.2) is 53.4 Å². The SMILES string of the molecule is CCOc1ccc(/C(O)=C2\C(=O)C(=O)N(c3nc4c(F)cc(F)cc4s3)C2c2cccs2)cc1C(C)C. The van der Waals surface area contributed by atoms with Crippen LogP contribution in [0.3, 0.4) is 0 Å². The highest BCUT2D eigenvalue weighted by molar-refractivity contribution is 7.22. The van der Waals surface area contributed by atoms with Crippen molar-refractivity contribution in [1.82, 2.24) is 4.98 Å². The van der Waals surface area contributed by atoms with Crippen molar-refractivity contribution in [3.63, 3.8) is 0 Å². The number of ether oxygens (including phenoxy) is 1. The van der Waals surface area contributed by atoms with E-state index in [-0.39, 0.29) is 32.6 Å². The lowest BCUT2D eigenvalue weighted by Crippen LogP contribution is -2.28. The number of carbonyl (C=O) groups excluding carboxylic acids is 2. The third-order valence-corrected chi connectivity index (χ3v) is 8.00. The van der Waals surface area contributed by atoms with Crippen molar-refractivity contribution in [3.05, 3.63) is 81.1 Å². The van der Waals surface area contributed by atoms with Gasteiger partial charge in [-0.3, -0.25) is 14.5 Å². The smallest absolute Gasteiger partial charge is 0.301 e. The Kier molecular flexibility index (Phi) is 6.55. The molecule has 1 N–H and O–H groups in total. The van der Waals surface area contributed by atoms with Crippen LogP contribution >= 0.6 is 22.7 Å². The van der Waals surface area contributed by atoms with Gasteiger partial charge in [0.2, 0.25) is 0 Å². The van der Waals surface area contributed by atoms with Crippen molar-refractivity contribution in [2.24, 2.45) is 0 Å². The van der Waals surface area contributed by atoms with Crippen LogP contribution in [0.1, 0.15) is 48.7 Å². The van der Waals surface area contributed by atoms with E-state index in [0.717, 1.165) is 33.9 Å². The Hall–Kier alpha value is -3.63. The molecule has 1 atom stereocenters. The number of hydrogen-bond donors (Lipinski definition) is 1. The number of halogens is 2. The zero-order valence-corrected chi connectivity index (χ0v) is 21.8. The monoisotopic (exact) mass is 540 g/mol.